The van der Waals surface area contributed by atoms with E-state index in [1.54, 1.807) is 4.90 Å². The zero-order chi connectivity index (χ0) is 23.9. The van der Waals surface area contributed by atoms with Gasteiger partial charge >= 0.3 is 0 Å². The van der Waals surface area contributed by atoms with Gasteiger partial charge in [-0.1, -0.05) is 31.4 Å². The Labute approximate surface area is 198 Å². The van der Waals surface area contributed by atoms with Gasteiger partial charge < -0.3 is 10.2 Å². The summed E-state index contributed by atoms with van der Waals surface area (Å²) in [6, 6.07) is 4.57. The standard InChI is InChI=1S/C26H33F2N3O3/c27-26(28)12-4-3-7-22(26)29-20-6-2-1-5-17(20)13-16-8-9-19-18(14-16)15-31(25(19)34)21-10-11-23(32)30-24(21)33/h8-9,14,17,20-22,29H,1-7,10-13,15H2,(H,30,32,33)/t17-,20+,21?,22?/m1/s1. The smallest absolute Gasteiger partial charge is 0.263 e. The van der Waals surface area contributed by atoms with E-state index >= 15 is 0 Å². The zero-order valence-corrected chi connectivity index (χ0v) is 19.5. The number of fused-ring (bicyclic) bond motifs is 1. The molecule has 2 saturated carbocycles. The fourth-order valence-corrected chi connectivity index (χ4v) is 6.29. The van der Waals surface area contributed by atoms with E-state index in [0.29, 0.717) is 31.4 Å². The molecule has 3 amide bonds. The zero-order valence-electron chi connectivity index (χ0n) is 19.5. The maximum absolute atomic E-state index is 14.5. The molecule has 8 heteroatoms. The molecule has 2 N–H and O–H groups in total. The number of nitrogens with zero attached hydrogens (tertiary/aromatic N) is 1. The lowest BCUT2D eigenvalue weighted by Crippen LogP contribution is -2.53. The molecule has 1 saturated heterocycles. The molecule has 0 spiro atoms. The first-order valence-corrected chi connectivity index (χ1v) is 12.7. The van der Waals surface area contributed by atoms with Crippen LogP contribution in [0.15, 0.2) is 18.2 Å². The lowest BCUT2D eigenvalue weighted by molar-refractivity contribution is -0.136. The predicted octanol–water partition coefficient (Wildman–Crippen LogP) is 3.72. The van der Waals surface area contributed by atoms with Crippen LogP contribution in [0.5, 0.6) is 0 Å². The molecule has 3 fully saturated rings. The summed E-state index contributed by atoms with van der Waals surface area (Å²) in [5.41, 5.74) is 2.60. The van der Waals surface area contributed by atoms with Crippen LogP contribution in [0.25, 0.3) is 0 Å². The molecule has 5 rings (SSSR count). The first-order valence-electron chi connectivity index (χ1n) is 12.7. The van der Waals surface area contributed by atoms with Crippen LogP contribution in [0.3, 0.4) is 0 Å². The number of amides is 3. The molecular weight excluding hydrogens is 440 g/mol. The van der Waals surface area contributed by atoms with E-state index in [9.17, 15) is 23.2 Å². The SMILES string of the molecule is O=C1CCC(N2Cc3cc(C[C@H]4CCCC[C@@H]4NC4CCCCC4(F)F)ccc3C2=O)C(=O)N1. The molecule has 4 aliphatic rings. The molecule has 0 aromatic heterocycles. The highest BCUT2D eigenvalue weighted by molar-refractivity contribution is 6.05. The third kappa shape index (κ3) is 4.61. The fraction of sp³-hybridized carbons (Fsp3) is 0.654. The van der Waals surface area contributed by atoms with Crippen molar-refractivity contribution >= 4 is 17.7 Å². The summed E-state index contributed by atoms with van der Waals surface area (Å²) in [5, 5.41) is 5.68. The van der Waals surface area contributed by atoms with Crippen LogP contribution in [0.4, 0.5) is 8.78 Å². The Bertz CT molecular complexity index is 982. The molecule has 2 unspecified atom stereocenters. The molecule has 34 heavy (non-hydrogen) atoms. The summed E-state index contributed by atoms with van der Waals surface area (Å²) >= 11 is 0. The Morgan fingerprint density at radius 2 is 1.82 bits per heavy atom. The van der Waals surface area contributed by atoms with Crippen molar-refractivity contribution in [3.8, 4) is 0 Å². The first kappa shape index (κ1) is 23.4. The molecule has 184 valence electrons. The Morgan fingerprint density at radius 1 is 1.03 bits per heavy atom. The van der Waals surface area contributed by atoms with Gasteiger partial charge in [0.2, 0.25) is 11.8 Å². The van der Waals surface area contributed by atoms with Gasteiger partial charge in [0.25, 0.3) is 11.8 Å². The van der Waals surface area contributed by atoms with Gasteiger partial charge in [0.1, 0.15) is 6.04 Å². The van der Waals surface area contributed by atoms with Crippen molar-refractivity contribution in [3.05, 3.63) is 34.9 Å². The van der Waals surface area contributed by atoms with Gasteiger partial charge in [-0.2, -0.15) is 0 Å². The van der Waals surface area contributed by atoms with E-state index < -0.39 is 23.9 Å². The fourth-order valence-electron chi connectivity index (χ4n) is 6.29. The van der Waals surface area contributed by atoms with Crippen molar-refractivity contribution in [2.45, 2.75) is 101 Å². The topological polar surface area (TPSA) is 78.5 Å². The summed E-state index contributed by atoms with van der Waals surface area (Å²) in [6.45, 7) is 0.356. The third-order valence-corrected chi connectivity index (χ3v) is 8.17. The molecule has 0 bridgehead atoms. The Balaban J connectivity index is 1.27. The van der Waals surface area contributed by atoms with Crippen molar-refractivity contribution in [1.82, 2.24) is 15.5 Å². The number of rotatable bonds is 5. The van der Waals surface area contributed by atoms with Gasteiger partial charge in [0.05, 0.1) is 6.04 Å². The molecule has 2 aliphatic heterocycles. The number of hydrogen-bond acceptors (Lipinski definition) is 4. The second-order valence-electron chi connectivity index (χ2n) is 10.5. The van der Waals surface area contributed by atoms with Crippen molar-refractivity contribution in [3.63, 3.8) is 0 Å². The molecule has 1 aromatic rings. The van der Waals surface area contributed by atoms with E-state index in [2.05, 4.69) is 10.6 Å². The van der Waals surface area contributed by atoms with Crippen molar-refractivity contribution in [2.75, 3.05) is 0 Å². The van der Waals surface area contributed by atoms with Crippen LogP contribution in [-0.2, 0) is 22.6 Å². The van der Waals surface area contributed by atoms with E-state index in [1.807, 2.05) is 18.2 Å². The van der Waals surface area contributed by atoms with Crippen LogP contribution in [0, 0.1) is 5.92 Å². The minimum Gasteiger partial charge on any atom is -0.322 e. The van der Waals surface area contributed by atoms with Gasteiger partial charge in [-0.3, -0.25) is 19.7 Å². The van der Waals surface area contributed by atoms with Gasteiger partial charge in [0.15, 0.2) is 0 Å². The molecule has 4 atom stereocenters. The van der Waals surface area contributed by atoms with E-state index in [-0.39, 0.29) is 36.6 Å². The Hall–Kier alpha value is -2.35. The lowest BCUT2D eigenvalue weighted by atomic mass is 9.79. The molecule has 2 heterocycles. The number of piperidine rings is 1. The van der Waals surface area contributed by atoms with Crippen LogP contribution < -0.4 is 10.6 Å². The maximum atomic E-state index is 14.5. The maximum Gasteiger partial charge on any atom is 0.263 e. The van der Waals surface area contributed by atoms with Gasteiger partial charge in [-0.25, -0.2) is 8.78 Å². The van der Waals surface area contributed by atoms with E-state index in [4.69, 9.17) is 0 Å². The molecule has 2 aliphatic carbocycles. The normalized spacial score (nSPS) is 31.4. The quantitative estimate of drug-likeness (QED) is 0.639. The average Bonchev–Trinajstić information content (AvgIpc) is 3.12. The number of alkyl halides is 2. The second kappa shape index (κ2) is 9.36. The summed E-state index contributed by atoms with van der Waals surface area (Å²) in [6.07, 6.45) is 7.43. The predicted molar refractivity (Wildman–Crippen MR) is 122 cm³/mol. The number of carbonyl (C=O) groups is 3. The van der Waals surface area contributed by atoms with Crippen LogP contribution in [0.2, 0.25) is 0 Å². The summed E-state index contributed by atoms with van der Waals surface area (Å²) < 4.78 is 28.9. The number of nitrogens with one attached hydrogen (secondary N) is 2. The summed E-state index contributed by atoms with van der Waals surface area (Å²) in [5.74, 6) is -3.23. The van der Waals surface area contributed by atoms with Crippen molar-refractivity contribution < 1.29 is 23.2 Å². The number of benzene rings is 1. The summed E-state index contributed by atoms with van der Waals surface area (Å²) in [7, 11) is 0. The second-order valence-corrected chi connectivity index (χ2v) is 10.5. The minimum atomic E-state index is -2.63. The first-order chi connectivity index (χ1) is 16.3. The molecule has 1 aromatic carbocycles. The van der Waals surface area contributed by atoms with Gasteiger partial charge in [-0.15, -0.1) is 0 Å². The van der Waals surface area contributed by atoms with Gasteiger partial charge in [0, 0.05) is 31.0 Å². The van der Waals surface area contributed by atoms with Gasteiger partial charge in [-0.05, 0) is 61.6 Å². The van der Waals surface area contributed by atoms with Crippen molar-refractivity contribution in [1.29, 1.82) is 0 Å². The van der Waals surface area contributed by atoms with Crippen LogP contribution >= 0.6 is 0 Å². The Kier molecular flexibility index (Phi) is 6.44. The number of halogens is 2. The summed E-state index contributed by atoms with van der Waals surface area (Å²) in [4.78, 5) is 38.3. The largest absolute Gasteiger partial charge is 0.322 e. The number of hydrogen-bond donors (Lipinski definition) is 2. The van der Waals surface area contributed by atoms with E-state index in [0.717, 1.165) is 49.7 Å². The highest BCUT2D eigenvalue weighted by Gasteiger charge is 2.43. The number of carbonyl (C=O) groups excluding carboxylic acids is 3. The van der Waals surface area contributed by atoms with Crippen molar-refractivity contribution in [2.24, 2.45) is 5.92 Å². The molecular formula is C26H33F2N3O3. The monoisotopic (exact) mass is 473 g/mol. The highest BCUT2D eigenvalue weighted by atomic mass is 19.3. The highest BCUT2D eigenvalue weighted by Crippen LogP contribution is 2.36. The molecule has 0 radical (unpaired) electrons. The molecule has 6 nitrogen and oxygen atoms in total. The lowest BCUT2D eigenvalue weighted by Gasteiger charge is -2.39. The van der Waals surface area contributed by atoms with Crippen LogP contribution in [-0.4, -0.2) is 46.7 Å². The van der Waals surface area contributed by atoms with E-state index in [1.165, 1.54) is 0 Å². The minimum absolute atomic E-state index is 0.0232. The van der Waals surface area contributed by atoms with Crippen LogP contribution in [0.1, 0.15) is 85.7 Å². The number of imide groups is 1. The third-order valence-electron chi connectivity index (χ3n) is 8.17. The average molecular weight is 474 g/mol. The Morgan fingerprint density at radius 3 is 2.62 bits per heavy atom.